The Bertz CT molecular complexity index is 745. The topological polar surface area (TPSA) is 50.8 Å². The lowest BCUT2D eigenvalue weighted by atomic mass is 10.1. The molecule has 1 aliphatic rings. The number of ether oxygens (including phenoxy) is 2. The first-order chi connectivity index (χ1) is 13.2. The van der Waals surface area contributed by atoms with Gasteiger partial charge in [-0.05, 0) is 36.2 Å². The summed E-state index contributed by atoms with van der Waals surface area (Å²) in [6.45, 7) is 5.52. The Balaban J connectivity index is 1.53. The van der Waals surface area contributed by atoms with Gasteiger partial charge in [-0.3, -0.25) is 4.79 Å². The van der Waals surface area contributed by atoms with Crippen molar-refractivity contribution in [1.29, 1.82) is 0 Å². The second-order valence-corrected chi connectivity index (χ2v) is 6.43. The van der Waals surface area contributed by atoms with Crippen LogP contribution >= 0.6 is 0 Å². The first kappa shape index (κ1) is 19.2. The molecule has 0 radical (unpaired) electrons. The summed E-state index contributed by atoms with van der Waals surface area (Å²) in [5.41, 5.74) is 2.16. The molecular formula is C21H25FN2O3. The summed E-state index contributed by atoms with van der Waals surface area (Å²) in [4.78, 5) is 14.7. The number of halogens is 1. The Kier molecular flexibility index (Phi) is 6.65. The molecule has 1 heterocycles. The van der Waals surface area contributed by atoms with E-state index in [9.17, 15) is 9.18 Å². The Labute approximate surface area is 159 Å². The van der Waals surface area contributed by atoms with E-state index in [0.29, 0.717) is 13.0 Å². The lowest BCUT2D eigenvalue weighted by molar-refractivity contribution is -0.128. The van der Waals surface area contributed by atoms with Gasteiger partial charge in [0.25, 0.3) is 5.91 Å². The molecule has 6 heteroatoms. The first-order valence-corrected chi connectivity index (χ1v) is 9.28. The van der Waals surface area contributed by atoms with Gasteiger partial charge in [-0.15, -0.1) is 0 Å². The van der Waals surface area contributed by atoms with E-state index < -0.39 is 11.9 Å². The second kappa shape index (κ2) is 9.37. The van der Waals surface area contributed by atoms with Crippen molar-refractivity contribution in [2.24, 2.45) is 0 Å². The van der Waals surface area contributed by atoms with Gasteiger partial charge in [0.05, 0.1) is 13.2 Å². The molecule has 0 aliphatic carbocycles. The van der Waals surface area contributed by atoms with Crippen LogP contribution in [0.1, 0.15) is 18.9 Å². The third-order valence-corrected chi connectivity index (χ3v) is 4.55. The highest BCUT2D eigenvalue weighted by Crippen LogP contribution is 2.19. The molecule has 2 aromatic carbocycles. The summed E-state index contributed by atoms with van der Waals surface area (Å²) >= 11 is 0. The van der Waals surface area contributed by atoms with Crippen molar-refractivity contribution in [3.05, 3.63) is 59.9 Å². The lowest BCUT2D eigenvalue weighted by Crippen LogP contribution is -2.37. The van der Waals surface area contributed by atoms with Crippen LogP contribution in [0.3, 0.4) is 0 Å². The van der Waals surface area contributed by atoms with Gasteiger partial charge >= 0.3 is 0 Å². The number of benzene rings is 2. The van der Waals surface area contributed by atoms with E-state index in [1.54, 1.807) is 12.1 Å². The van der Waals surface area contributed by atoms with Crippen molar-refractivity contribution in [2.75, 3.05) is 31.2 Å². The molecule has 1 aliphatic heterocycles. The van der Waals surface area contributed by atoms with E-state index >= 15 is 0 Å². The summed E-state index contributed by atoms with van der Waals surface area (Å²) in [7, 11) is 0. The molecule has 1 atom stereocenters. The minimum Gasteiger partial charge on any atom is -0.478 e. The van der Waals surface area contributed by atoms with Crippen LogP contribution in [0.5, 0.6) is 5.75 Å². The zero-order chi connectivity index (χ0) is 19.1. The fourth-order valence-corrected chi connectivity index (χ4v) is 2.96. The minimum atomic E-state index is -0.727. The smallest absolute Gasteiger partial charge is 0.261 e. The quantitative estimate of drug-likeness (QED) is 0.811. The molecule has 2 aromatic rings. The predicted octanol–water partition coefficient (Wildman–Crippen LogP) is 3.14. The Morgan fingerprint density at radius 3 is 2.56 bits per heavy atom. The van der Waals surface area contributed by atoms with Crippen molar-refractivity contribution < 1.29 is 18.7 Å². The number of nitrogens with one attached hydrogen (secondary N) is 1. The number of morpholine rings is 1. The number of carbonyl (C=O) groups is 1. The third kappa shape index (κ3) is 5.20. The second-order valence-electron chi connectivity index (χ2n) is 6.43. The van der Waals surface area contributed by atoms with E-state index in [4.69, 9.17) is 9.47 Å². The maximum Gasteiger partial charge on any atom is 0.261 e. The molecule has 1 saturated heterocycles. The molecule has 0 saturated carbocycles. The highest BCUT2D eigenvalue weighted by molar-refractivity contribution is 5.81. The van der Waals surface area contributed by atoms with Crippen LogP contribution in [0.2, 0.25) is 0 Å². The molecular weight excluding hydrogens is 347 g/mol. The summed E-state index contributed by atoms with van der Waals surface area (Å²) in [6, 6.07) is 14.2. The van der Waals surface area contributed by atoms with Crippen LogP contribution in [-0.2, 0) is 16.1 Å². The van der Waals surface area contributed by atoms with Crippen LogP contribution in [0.4, 0.5) is 10.1 Å². The molecule has 0 spiro atoms. The van der Waals surface area contributed by atoms with Gasteiger partial charge in [0.1, 0.15) is 0 Å². The summed E-state index contributed by atoms with van der Waals surface area (Å²) < 4.78 is 24.6. The predicted molar refractivity (Wildman–Crippen MR) is 102 cm³/mol. The number of rotatable bonds is 7. The number of anilines is 1. The van der Waals surface area contributed by atoms with Crippen LogP contribution in [0.25, 0.3) is 0 Å². The fraction of sp³-hybridized carbons (Fsp3) is 0.381. The number of hydrogen-bond acceptors (Lipinski definition) is 4. The summed E-state index contributed by atoms with van der Waals surface area (Å²) in [5.74, 6) is -0.630. The van der Waals surface area contributed by atoms with Crippen molar-refractivity contribution in [2.45, 2.75) is 26.0 Å². The number of para-hydroxylation sites is 1. The Morgan fingerprint density at radius 2 is 1.89 bits per heavy atom. The van der Waals surface area contributed by atoms with E-state index in [-0.39, 0.29) is 11.7 Å². The van der Waals surface area contributed by atoms with Crippen LogP contribution < -0.4 is 15.0 Å². The van der Waals surface area contributed by atoms with Crippen molar-refractivity contribution in [1.82, 2.24) is 5.32 Å². The van der Waals surface area contributed by atoms with Crippen LogP contribution in [0.15, 0.2) is 48.5 Å². The molecule has 1 N–H and O–H groups in total. The highest BCUT2D eigenvalue weighted by Gasteiger charge is 2.19. The van der Waals surface area contributed by atoms with Crippen LogP contribution in [-0.4, -0.2) is 38.3 Å². The van der Waals surface area contributed by atoms with Gasteiger partial charge in [0.2, 0.25) is 0 Å². The Morgan fingerprint density at radius 1 is 1.19 bits per heavy atom. The number of hydrogen-bond donors (Lipinski definition) is 1. The first-order valence-electron chi connectivity index (χ1n) is 9.28. The van der Waals surface area contributed by atoms with Gasteiger partial charge < -0.3 is 19.7 Å². The summed E-state index contributed by atoms with van der Waals surface area (Å²) in [5, 5.41) is 2.87. The minimum absolute atomic E-state index is 0.0920. The SMILES string of the molecule is CC[C@@H](Oc1ccccc1F)C(=O)NCc1ccc(N2CCOCC2)cc1. The third-order valence-electron chi connectivity index (χ3n) is 4.55. The monoisotopic (exact) mass is 372 g/mol. The molecule has 0 aromatic heterocycles. The standard InChI is InChI=1S/C21H25FN2O3/c1-2-19(27-20-6-4-3-5-18(20)22)21(25)23-15-16-7-9-17(10-8-16)24-11-13-26-14-12-24/h3-10,19H,2,11-15H2,1H3,(H,23,25)/t19-/m1/s1. The molecule has 27 heavy (non-hydrogen) atoms. The molecule has 3 rings (SSSR count). The zero-order valence-electron chi connectivity index (χ0n) is 15.5. The van der Waals surface area contributed by atoms with E-state index in [1.165, 1.54) is 12.1 Å². The zero-order valence-corrected chi connectivity index (χ0v) is 15.5. The maximum absolute atomic E-state index is 13.7. The molecule has 1 amide bonds. The maximum atomic E-state index is 13.7. The average Bonchev–Trinajstić information content (AvgIpc) is 2.72. The number of carbonyl (C=O) groups excluding carboxylic acids is 1. The largest absolute Gasteiger partial charge is 0.478 e. The van der Waals surface area contributed by atoms with Crippen LogP contribution in [0, 0.1) is 5.82 Å². The molecule has 0 bridgehead atoms. The summed E-state index contributed by atoms with van der Waals surface area (Å²) in [6.07, 6.45) is -0.273. The molecule has 0 unspecified atom stereocenters. The average molecular weight is 372 g/mol. The van der Waals surface area contributed by atoms with Crippen molar-refractivity contribution in [3.8, 4) is 5.75 Å². The van der Waals surface area contributed by atoms with Gasteiger partial charge in [0.15, 0.2) is 17.7 Å². The normalized spacial score (nSPS) is 15.3. The van der Waals surface area contributed by atoms with Gasteiger partial charge in [-0.1, -0.05) is 31.2 Å². The van der Waals surface area contributed by atoms with E-state index in [2.05, 4.69) is 22.3 Å². The van der Waals surface area contributed by atoms with E-state index in [0.717, 1.165) is 37.6 Å². The number of amides is 1. The molecule has 5 nitrogen and oxygen atoms in total. The molecule has 1 fully saturated rings. The van der Waals surface area contributed by atoms with Gasteiger partial charge in [-0.25, -0.2) is 4.39 Å². The Hall–Kier alpha value is -2.60. The van der Waals surface area contributed by atoms with Crippen molar-refractivity contribution in [3.63, 3.8) is 0 Å². The molecule has 144 valence electrons. The fourth-order valence-electron chi connectivity index (χ4n) is 2.96. The van der Waals surface area contributed by atoms with Crippen molar-refractivity contribution >= 4 is 11.6 Å². The lowest BCUT2D eigenvalue weighted by Gasteiger charge is -2.29. The van der Waals surface area contributed by atoms with Gasteiger partial charge in [-0.2, -0.15) is 0 Å². The highest BCUT2D eigenvalue weighted by atomic mass is 19.1. The van der Waals surface area contributed by atoms with Gasteiger partial charge in [0, 0.05) is 25.3 Å². The van der Waals surface area contributed by atoms with E-state index in [1.807, 2.05) is 19.1 Å². The number of nitrogens with zero attached hydrogens (tertiary/aromatic N) is 1.